The molecule has 0 heterocycles. The van der Waals surface area contributed by atoms with E-state index in [4.69, 9.17) is 23.2 Å². The molecule has 5 heteroatoms. The largest absolute Gasteiger partial charge is 0.352 e. The average molecular weight is 278 g/mol. The predicted molar refractivity (Wildman–Crippen MR) is 68.2 cm³/mol. The number of carbonyl (C=O) groups is 1. The Hall–Kier alpha value is -0.800. The topological polar surface area (TPSA) is 29.1 Å². The van der Waals surface area contributed by atoms with Gasteiger partial charge in [-0.05, 0) is 24.5 Å². The molecule has 1 aromatic carbocycles. The Kier molecular flexibility index (Phi) is 5.22. The lowest BCUT2D eigenvalue weighted by Crippen LogP contribution is -2.25. The third-order valence-electron chi connectivity index (χ3n) is 2.26. The van der Waals surface area contributed by atoms with Crippen LogP contribution in [0.5, 0.6) is 0 Å². The summed E-state index contributed by atoms with van der Waals surface area (Å²) in [5, 5.41) is 2.75. The van der Waals surface area contributed by atoms with Gasteiger partial charge in [0.1, 0.15) is 5.82 Å². The molecule has 1 aromatic rings. The van der Waals surface area contributed by atoms with Gasteiger partial charge >= 0.3 is 0 Å². The highest BCUT2D eigenvalue weighted by Crippen LogP contribution is 2.24. The van der Waals surface area contributed by atoms with Gasteiger partial charge in [0.05, 0.1) is 15.6 Å². The SMILES string of the molecule is CC(C)CCNC(=O)c1cc(F)c(Cl)cc1Cl. The second-order valence-corrected chi connectivity index (χ2v) is 5.00. The van der Waals surface area contributed by atoms with Crippen molar-refractivity contribution in [1.82, 2.24) is 5.32 Å². The first-order valence-corrected chi connectivity index (χ1v) is 6.10. The molecule has 0 unspecified atom stereocenters. The number of carbonyl (C=O) groups excluding carboxylic acids is 1. The number of nitrogens with one attached hydrogen (secondary N) is 1. The summed E-state index contributed by atoms with van der Waals surface area (Å²) in [4.78, 5) is 11.7. The first-order valence-electron chi connectivity index (χ1n) is 5.34. The highest BCUT2D eigenvalue weighted by atomic mass is 35.5. The molecule has 0 aromatic heterocycles. The van der Waals surface area contributed by atoms with Crippen molar-refractivity contribution in [2.45, 2.75) is 20.3 Å². The highest BCUT2D eigenvalue weighted by Gasteiger charge is 2.13. The molecule has 0 aliphatic carbocycles. The van der Waals surface area contributed by atoms with Crippen LogP contribution in [0.2, 0.25) is 10.0 Å². The van der Waals surface area contributed by atoms with Crippen LogP contribution >= 0.6 is 23.2 Å². The van der Waals surface area contributed by atoms with E-state index in [1.54, 1.807) is 0 Å². The summed E-state index contributed by atoms with van der Waals surface area (Å²) in [6.07, 6.45) is 0.861. The molecule has 0 aliphatic rings. The van der Waals surface area contributed by atoms with Gasteiger partial charge < -0.3 is 5.32 Å². The zero-order chi connectivity index (χ0) is 13.0. The van der Waals surface area contributed by atoms with Gasteiger partial charge in [-0.2, -0.15) is 0 Å². The van der Waals surface area contributed by atoms with Crippen LogP contribution in [0.4, 0.5) is 4.39 Å². The summed E-state index contributed by atoms with van der Waals surface area (Å²) in [6.45, 7) is 4.65. The van der Waals surface area contributed by atoms with Crippen molar-refractivity contribution < 1.29 is 9.18 Å². The van der Waals surface area contributed by atoms with Gasteiger partial charge in [-0.25, -0.2) is 4.39 Å². The molecule has 0 atom stereocenters. The maximum absolute atomic E-state index is 13.2. The number of halogens is 3. The summed E-state index contributed by atoms with van der Waals surface area (Å²) < 4.78 is 13.2. The molecule has 0 aliphatic heterocycles. The lowest BCUT2D eigenvalue weighted by molar-refractivity contribution is 0.0951. The minimum atomic E-state index is -0.648. The van der Waals surface area contributed by atoms with Gasteiger partial charge in [-0.3, -0.25) is 4.79 Å². The van der Waals surface area contributed by atoms with E-state index in [0.717, 1.165) is 12.5 Å². The van der Waals surface area contributed by atoms with Gasteiger partial charge in [0, 0.05) is 6.54 Å². The summed E-state index contributed by atoms with van der Waals surface area (Å²) >= 11 is 11.4. The minimum absolute atomic E-state index is 0.0891. The summed E-state index contributed by atoms with van der Waals surface area (Å²) in [6, 6.07) is 2.28. The van der Waals surface area contributed by atoms with Crippen LogP contribution in [0, 0.1) is 11.7 Å². The molecule has 0 radical (unpaired) electrons. The van der Waals surface area contributed by atoms with Crippen molar-refractivity contribution in [2.24, 2.45) is 5.92 Å². The van der Waals surface area contributed by atoms with E-state index in [9.17, 15) is 9.18 Å². The number of hydrogen-bond acceptors (Lipinski definition) is 1. The molecule has 94 valence electrons. The monoisotopic (exact) mass is 277 g/mol. The molecule has 1 amide bonds. The molecule has 0 bridgehead atoms. The third kappa shape index (κ3) is 4.17. The molecule has 17 heavy (non-hydrogen) atoms. The van der Waals surface area contributed by atoms with E-state index in [2.05, 4.69) is 19.2 Å². The lowest BCUT2D eigenvalue weighted by Gasteiger charge is -2.09. The van der Waals surface area contributed by atoms with Crippen molar-refractivity contribution in [2.75, 3.05) is 6.54 Å². The van der Waals surface area contributed by atoms with Crippen LogP contribution in [-0.4, -0.2) is 12.5 Å². The van der Waals surface area contributed by atoms with Gasteiger partial charge in [0.15, 0.2) is 0 Å². The molecular weight excluding hydrogens is 264 g/mol. The first kappa shape index (κ1) is 14.3. The zero-order valence-electron chi connectivity index (χ0n) is 9.69. The van der Waals surface area contributed by atoms with E-state index in [-0.39, 0.29) is 21.5 Å². The maximum atomic E-state index is 13.2. The standard InChI is InChI=1S/C12H14Cl2FNO/c1-7(2)3-4-16-12(17)8-5-11(15)10(14)6-9(8)13/h5-7H,3-4H2,1-2H3,(H,16,17). The number of amides is 1. The fourth-order valence-corrected chi connectivity index (χ4v) is 1.74. The van der Waals surface area contributed by atoms with Crippen LogP contribution in [-0.2, 0) is 0 Å². The molecule has 2 nitrogen and oxygen atoms in total. The number of rotatable bonds is 4. The van der Waals surface area contributed by atoms with Crippen LogP contribution in [0.1, 0.15) is 30.6 Å². The second-order valence-electron chi connectivity index (χ2n) is 4.18. The molecule has 0 spiro atoms. The number of benzene rings is 1. The van der Waals surface area contributed by atoms with Crippen LogP contribution in [0.15, 0.2) is 12.1 Å². The van der Waals surface area contributed by atoms with Crippen molar-refractivity contribution in [3.8, 4) is 0 Å². The smallest absolute Gasteiger partial charge is 0.252 e. The van der Waals surface area contributed by atoms with E-state index < -0.39 is 5.82 Å². The number of hydrogen-bond donors (Lipinski definition) is 1. The average Bonchev–Trinajstić information content (AvgIpc) is 2.22. The molecule has 0 fully saturated rings. The van der Waals surface area contributed by atoms with Crippen molar-refractivity contribution in [3.63, 3.8) is 0 Å². The van der Waals surface area contributed by atoms with E-state index in [1.165, 1.54) is 6.07 Å². The first-order chi connectivity index (χ1) is 7.91. The predicted octanol–water partition coefficient (Wildman–Crippen LogP) is 3.91. The lowest BCUT2D eigenvalue weighted by atomic mass is 10.1. The molecule has 1 N–H and O–H groups in total. The molecular formula is C12H14Cl2FNO. The van der Waals surface area contributed by atoms with E-state index >= 15 is 0 Å². The van der Waals surface area contributed by atoms with Gasteiger partial charge in [-0.15, -0.1) is 0 Å². The van der Waals surface area contributed by atoms with Crippen LogP contribution in [0.3, 0.4) is 0 Å². The van der Waals surface area contributed by atoms with E-state index in [0.29, 0.717) is 12.5 Å². The summed E-state index contributed by atoms with van der Waals surface area (Å²) in [5.41, 5.74) is 0.109. The van der Waals surface area contributed by atoms with Gasteiger partial charge in [-0.1, -0.05) is 37.0 Å². The van der Waals surface area contributed by atoms with Gasteiger partial charge in [0.25, 0.3) is 5.91 Å². The fraction of sp³-hybridized carbons (Fsp3) is 0.417. The quantitative estimate of drug-likeness (QED) is 0.831. The summed E-state index contributed by atoms with van der Waals surface area (Å²) in [7, 11) is 0. The Balaban J connectivity index is 2.72. The summed E-state index contributed by atoms with van der Waals surface area (Å²) in [5.74, 6) is -0.538. The molecule has 0 saturated carbocycles. The highest BCUT2D eigenvalue weighted by molar-refractivity contribution is 6.36. The van der Waals surface area contributed by atoms with Gasteiger partial charge in [0.2, 0.25) is 0 Å². The Morgan fingerprint density at radius 3 is 2.59 bits per heavy atom. The van der Waals surface area contributed by atoms with Crippen molar-refractivity contribution in [1.29, 1.82) is 0 Å². The van der Waals surface area contributed by atoms with Crippen LogP contribution < -0.4 is 5.32 Å². The third-order valence-corrected chi connectivity index (χ3v) is 2.86. The minimum Gasteiger partial charge on any atom is -0.352 e. The Labute approximate surface area is 110 Å². The molecule has 1 rings (SSSR count). The Morgan fingerprint density at radius 2 is 2.00 bits per heavy atom. The van der Waals surface area contributed by atoms with E-state index in [1.807, 2.05) is 0 Å². The maximum Gasteiger partial charge on any atom is 0.252 e. The Morgan fingerprint density at radius 1 is 1.35 bits per heavy atom. The Bertz CT molecular complexity index is 421. The van der Waals surface area contributed by atoms with Crippen molar-refractivity contribution in [3.05, 3.63) is 33.6 Å². The zero-order valence-corrected chi connectivity index (χ0v) is 11.2. The molecule has 0 saturated heterocycles. The fourth-order valence-electron chi connectivity index (χ4n) is 1.27. The second kappa shape index (κ2) is 6.22. The normalized spacial score (nSPS) is 10.7. The van der Waals surface area contributed by atoms with Crippen LogP contribution in [0.25, 0.3) is 0 Å². The van der Waals surface area contributed by atoms with Crippen molar-refractivity contribution >= 4 is 29.1 Å².